The van der Waals surface area contributed by atoms with Crippen molar-refractivity contribution in [2.24, 2.45) is 0 Å². The van der Waals surface area contributed by atoms with Gasteiger partial charge in [0.1, 0.15) is 0 Å². The van der Waals surface area contributed by atoms with Crippen molar-refractivity contribution in [1.29, 1.82) is 0 Å². The number of esters is 1. The molecule has 0 radical (unpaired) electrons. The molecule has 0 bridgehead atoms. The lowest BCUT2D eigenvalue weighted by Gasteiger charge is -2.15. The Kier molecular flexibility index (Phi) is 7.27. The summed E-state index contributed by atoms with van der Waals surface area (Å²) in [6.07, 6.45) is 0. The Labute approximate surface area is 192 Å². The molecule has 172 valence electrons. The number of rotatable bonds is 7. The number of carbonyl (C=O) groups excluding carboxylic acids is 2. The second kappa shape index (κ2) is 10.1. The Morgan fingerprint density at radius 2 is 1.67 bits per heavy atom. The predicted octanol–water partition coefficient (Wildman–Crippen LogP) is 3.66. The molecule has 1 heterocycles. The van der Waals surface area contributed by atoms with Gasteiger partial charge in [0.25, 0.3) is 11.5 Å². The van der Waals surface area contributed by atoms with Gasteiger partial charge in [0, 0.05) is 5.69 Å². The van der Waals surface area contributed by atoms with Crippen molar-refractivity contribution in [2.75, 3.05) is 18.5 Å². The second-order valence-corrected chi connectivity index (χ2v) is 7.72. The molecule has 0 aliphatic heterocycles. The average molecular weight is 450 g/mol. The van der Waals surface area contributed by atoms with Crippen molar-refractivity contribution in [1.82, 2.24) is 9.78 Å². The van der Waals surface area contributed by atoms with E-state index in [4.69, 9.17) is 9.47 Å². The normalized spacial score (nSPS) is 10.6. The van der Waals surface area contributed by atoms with Crippen LogP contribution in [-0.2, 0) is 9.53 Å². The number of hydrogen-bond acceptors (Lipinski definition) is 6. The van der Waals surface area contributed by atoms with Crippen LogP contribution in [0.1, 0.15) is 39.7 Å². The molecule has 0 aliphatic rings. The Hall–Kier alpha value is -3.94. The van der Waals surface area contributed by atoms with Gasteiger partial charge in [-0.2, -0.15) is 9.78 Å². The number of aromatic nitrogens is 2. The zero-order chi connectivity index (χ0) is 24.1. The summed E-state index contributed by atoms with van der Waals surface area (Å²) in [6.45, 7) is 9.00. The fourth-order valence-corrected chi connectivity index (χ4v) is 3.56. The van der Waals surface area contributed by atoms with E-state index in [0.717, 1.165) is 33.0 Å². The van der Waals surface area contributed by atoms with E-state index in [1.807, 2.05) is 52.0 Å². The lowest BCUT2D eigenvalue weighted by Crippen LogP contribution is -2.27. The van der Waals surface area contributed by atoms with Crippen LogP contribution in [0.5, 0.6) is 5.75 Å². The maximum Gasteiger partial charge on any atom is 0.362 e. The molecule has 0 saturated carbocycles. The number of hydrogen-bond donors (Lipinski definition) is 1. The van der Waals surface area contributed by atoms with E-state index in [9.17, 15) is 14.4 Å². The smallest absolute Gasteiger partial charge is 0.362 e. The molecule has 3 aromatic rings. The highest BCUT2D eigenvalue weighted by Gasteiger charge is 2.21. The van der Waals surface area contributed by atoms with E-state index in [-0.39, 0.29) is 18.1 Å². The molecule has 1 aromatic heterocycles. The number of amides is 1. The quantitative estimate of drug-likeness (QED) is 0.553. The first-order valence-electron chi connectivity index (χ1n) is 10.6. The lowest BCUT2D eigenvalue weighted by atomic mass is 10.1. The molecule has 8 heteroatoms. The van der Waals surface area contributed by atoms with Crippen molar-refractivity contribution in [3.05, 3.63) is 80.8 Å². The van der Waals surface area contributed by atoms with Crippen LogP contribution in [0.2, 0.25) is 0 Å². The van der Waals surface area contributed by atoms with Crippen LogP contribution in [0.25, 0.3) is 5.69 Å². The summed E-state index contributed by atoms with van der Waals surface area (Å²) in [4.78, 5) is 37.8. The predicted molar refractivity (Wildman–Crippen MR) is 125 cm³/mol. The summed E-state index contributed by atoms with van der Waals surface area (Å²) >= 11 is 0. The third-order valence-corrected chi connectivity index (χ3v) is 5.01. The zero-order valence-corrected chi connectivity index (χ0v) is 19.4. The van der Waals surface area contributed by atoms with Crippen LogP contribution in [0, 0.1) is 27.7 Å². The van der Waals surface area contributed by atoms with E-state index >= 15 is 0 Å². The highest BCUT2D eigenvalue weighted by molar-refractivity contribution is 5.94. The summed E-state index contributed by atoms with van der Waals surface area (Å²) in [5.74, 6) is -1.29. The van der Waals surface area contributed by atoms with E-state index in [2.05, 4.69) is 10.4 Å². The van der Waals surface area contributed by atoms with Gasteiger partial charge < -0.3 is 14.8 Å². The highest BCUT2D eigenvalue weighted by Crippen LogP contribution is 2.22. The van der Waals surface area contributed by atoms with Crippen molar-refractivity contribution < 1.29 is 19.1 Å². The SMILES string of the molecule is CCOC(=O)c1nn(-c2ccccc2C)c(=O)cc1OCC(=O)Nc1c(C)cc(C)cc1C. The Balaban J connectivity index is 1.88. The molecule has 0 fully saturated rings. The molecule has 0 saturated heterocycles. The number of aryl methyl sites for hydroxylation is 4. The van der Waals surface area contributed by atoms with Gasteiger partial charge in [-0.25, -0.2) is 4.79 Å². The molecule has 2 aromatic carbocycles. The minimum absolute atomic E-state index is 0.115. The van der Waals surface area contributed by atoms with Crippen LogP contribution in [0.4, 0.5) is 5.69 Å². The maximum atomic E-state index is 12.8. The van der Waals surface area contributed by atoms with Crippen LogP contribution >= 0.6 is 0 Å². The molecular formula is C25H27N3O5. The molecule has 1 N–H and O–H groups in total. The van der Waals surface area contributed by atoms with Gasteiger partial charge in [-0.3, -0.25) is 9.59 Å². The molecule has 33 heavy (non-hydrogen) atoms. The monoisotopic (exact) mass is 449 g/mol. The molecule has 0 unspecified atom stereocenters. The standard InChI is InChI=1S/C25H27N3O5/c1-6-32-25(31)24-20(13-22(30)28(27-24)19-10-8-7-9-16(19)3)33-14-21(29)26-23-17(4)11-15(2)12-18(23)5/h7-13H,6,14H2,1-5H3,(H,26,29). The number of carbonyl (C=O) groups is 2. The van der Waals surface area contributed by atoms with Crippen LogP contribution in [0.3, 0.4) is 0 Å². The molecule has 8 nitrogen and oxygen atoms in total. The number of nitrogens with zero attached hydrogens (tertiary/aromatic N) is 2. The van der Waals surface area contributed by atoms with E-state index < -0.39 is 24.0 Å². The number of para-hydroxylation sites is 1. The average Bonchev–Trinajstić information content (AvgIpc) is 2.75. The second-order valence-electron chi connectivity index (χ2n) is 7.72. The van der Waals surface area contributed by atoms with Gasteiger partial charge in [-0.05, 0) is 57.4 Å². The van der Waals surface area contributed by atoms with E-state index in [0.29, 0.717) is 11.4 Å². The first-order chi connectivity index (χ1) is 15.7. The summed E-state index contributed by atoms with van der Waals surface area (Å²) in [7, 11) is 0. The van der Waals surface area contributed by atoms with Crippen LogP contribution in [0.15, 0.2) is 47.3 Å². The van der Waals surface area contributed by atoms with Gasteiger partial charge in [0.05, 0.1) is 18.4 Å². The van der Waals surface area contributed by atoms with Crippen molar-refractivity contribution in [3.8, 4) is 11.4 Å². The number of anilines is 1. The third kappa shape index (κ3) is 5.46. The molecule has 1 amide bonds. The minimum Gasteiger partial charge on any atom is -0.481 e. The maximum absolute atomic E-state index is 12.8. The molecule has 0 aliphatic carbocycles. The fourth-order valence-electron chi connectivity index (χ4n) is 3.56. The van der Waals surface area contributed by atoms with Gasteiger partial charge in [0.15, 0.2) is 12.4 Å². The van der Waals surface area contributed by atoms with Crippen molar-refractivity contribution in [2.45, 2.75) is 34.6 Å². The Morgan fingerprint density at radius 3 is 2.30 bits per heavy atom. The molecule has 3 rings (SSSR count). The molecular weight excluding hydrogens is 422 g/mol. The fraction of sp³-hybridized carbons (Fsp3) is 0.280. The molecule has 0 spiro atoms. The van der Waals surface area contributed by atoms with E-state index in [1.54, 1.807) is 19.1 Å². The topological polar surface area (TPSA) is 99.5 Å². The minimum atomic E-state index is -0.750. The van der Waals surface area contributed by atoms with Crippen molar-refractivity contribution in [3.63, 3.8) is 0 Å². The summed E-state index contributed by atoms with van der Waals surface area (Å²) in [6, 6.07) is 12.2. The number of ether oxygens (including phenoxy) is 2. The number of nitrogens with one attached hydrogen (secondary N) is 1. The van der Waals surface area contributed by atoms with Crippen molar-refractivity contribution >= 4 is 17.6 Å². The molecule has 0 atom stereocenters. The van der Waals surface area contributed by atoms with Gasteiger partial charge >= 0.3 is 5.97 Å². The largest absolute Gasteiger partial charge is 0.481 e. The lowest BCUT2D eigenvalue weighted by molar-refractivity contribution is -0.118. The first-order valence-corrected chi connectivity index (χ1v) is 10.6. The van der Waals surface area contributed by atoms with Crippen LogP contribution in [-0.4, -0.2) is 34.9 Å². The summed E-state index contributed by atoms with van der Waals surface area (Å²) < 4.78 is 11.8. The third-order valence-electron chi connectivity index (χ3n) is 5.01. The first kappa shape index (κ1) is 23.7. The Morgan fingerprint density at radius 1 is 1.00 bits per heavy atom. The van der Waals surface area contributed by atoms with Gasteiger partial charge in [-0.1, -0.05) is 35.9 Å². The number of benzene rings is 2. The Bertz CT molecular complexity index is 1240. The van der Waals surface area contributed by atoms with Crippen LogP contribution < -0.4 is 15.6 Å². The van der Waals surface area contributed by atoms with E-state index in [1.165, 1.54) is 0 Å². The van der Waals surface area contributed by atoms with Gasteiger partial charge in [0.2, 0.25) is 5.69 Å². The summed E-state index contributed by atoms with van der Waals surface area (Å²) in [5.41, 5.74) is 4.30. The zero-order valence-electron chi connectivity index (χ0n) is 19.4. The van der Waals surface area contributed by atoms with Gasteiger partial charge in [-0.15, -0.1) is 0 Å². The highest BCUT2D eigenvalue weighted by atomic mass is 16.5. The summed E-state index contributed by atoms with van der Waals surface area (Å²) in [5, 5.41) is 7.02.